The van der Waals surface area contributed by atoms with Crippen LogP contribution in [0.2, 0.25) is 0 Å². The molecule has 1 heterocycles. The maximum Gasteiger partial charge on any atom is 0.131 e. The van der Waals surface area contributed by atoms with E-state index in [1.165, 1.54) is 10.9 Å². The van der Waals surface area contributed by atoms with Gasteiger partial charge in [-0.05, 0) is 29.4 Å². The summed E-state index contributed by atoms with van der Waals surface area (Å²) in [6, 6.07) is 8.44. The molecule has 78 valence electrons. The van der Waals surface area contributed by atoms with E-state index in [2.05, 4.69) is 37.0 Å². The highest BCUT2D eigenvalue weighted by Gasteiger charge is 2.04. The Morgan fingerprint density at radius 2 is 2.13 bits per heavy atom. The first-order valence-electron chi connectivity index (χ1n) is 5.36. The van der Waals surface area contributed by atoms with Crippen LogP contribution < -0.4 is 5.73 Å². The van der Waals surface area contributed by atoms with Gasteiger partial charge in [0.25, 0.3) is 0 Å². The van der Waals surface area contributed by atoms with Gasteiger partial charge in [-0.15, -0.1) is 0 Å². The van der Waals surface area contributed by atoms with Gasteiger partial charge in [-0.2, -0.15) is 0 Å². The van der Waals surface area contributed by atoms with Crippen LogP contribution in [0.15, 0.2) is 30.5 Å². The molecule has 1 aromatic heterocycles. The molecular weight excluding hydrogens is 184 g/mol. The zero-order chi connectivity index (χ0) is 10.8. The molecule has 0 aliphatic heterocycles. The summed E-state index contributed by atoms with van der Waals surface area (Å²) in [5, 5.41) is 2.23. The summed E-state index contributed by atoms with van der Waals surface area (Å²) >= 11 is 0. The lowest BCUT2D eigenvalue weighted by Crippen LogP contribution is -1.94. The molecule has 0 fully saturated rings. The number of nitrogens with zero attached hydrogens (tertiary/aromatic N) is 1. The van der Waals surface area contributed by atoms with Crippen LogP contribution in [0, 0.1) is 0 Å². The van der Waals surface area contributed by atoms with Crippen molar-refractivity contribution in [3.63, 3.8) is 0 Å². The van der Waals surface area contributed by atoms with Crippen molar-refractivity contribution >= 4 is 16.6 Å². The van der Waals surface area contributed by atoms with Crippen molar-refractivity contribution < 1.29 is 0 Å². The molecule has 0 amide bonds. The smallest absolute Gasteiger partial charge is 0.131 e. The van der Waals surface area contributed by atoms with Gasteiger partial charge in [-0.25, -0.2) is 4.98 Å². The third-order valence-electron chi connectivity index (χ3n) is 3.00. The minimum atomic E-state index is 0.601. The summed E-state index contributed by atoms with van der Waals surface area (Å²) in [7, 11) is 0. The maximum absolute atomic E-state index is 5.80. The number of benzene rings is 1. The van der Waals surface area contributed by atoms with Crippen LogP contribution in [0.1, 0.15) is 31.7 Å². The first-order chi connectivity index (χ1) is 7.22. The molecule has 0 aliphatic carbocycles. The van der Waals surface area contributed by atoms with Gasteiger partial charge in [0.15, 0.2) is 0 Å². The van der Waals surface area contributed by atoms with E-state index in [9.17, 15) is 0 Å². The summed E-state index contributed by atoms with van der Waals surface area (Å²) in [4.78, 5) is 4.08. The zero-order valence-corrected chi connectivity index (χ0v) is 9.20. The Bertz CT molecular complexity index is 477. The fourth-order valence-corrected chi connectivity index (χ4v) is 1.76. The molecule has 1 atom stereocenters. The lowest BCUT2D eigenvalue weighted by Gasteiger charge is -2.10. The largest absolute Gasteiger partial charge is 0.383 e. The molecule has 2 nitrogen and oxygen atoms in total. The molecule has 1 unspecified atom stereocenters. The van der Waals surface area contributed by atoms with Crippen LogP contribution in [-0.4, -0.2) is 4.98 Å². The molecule has 0 spiro atoms. The van der Waals surface area contributed by atoms with Gasteiger partial charge < -0.3 is 5.73 Å². The molecule has 15 heavy (non-hydrogen) atoms. The highest BCUT2D eigenvalue weighted by molar-refractivity contribution is 5.91. The van der Waals surface area contributed by atoms with Crippen molar-refractivity contribution in [3.8, 4) is 0 Å². The average molecular weight is 200 g/mol. The zero-order valence-electron chi connectivity index (χ0n) is 9.20. The van der Waals surface area contributed by atoms with E-state index in [1.54, 1.807) is 6.20 Å². The Hall–Kier alpha value is -1.57. The molecule has 0 saturated heterocycles. The van der Waals surface area contributed by atoms with E-state index in [4.69, 9.17) is 5.73 Å². The number of fused-ring (bicyclic) bond motifs is 1. The Balaban J connectivity index is 2.57. The fraction of sp³-hybridized carbons (Fsp3) is 0.308. The van der Waals surface area contributed by atoms with Crippen LogP contribution in [0.25, 0.3) is 10.8 Å². The topological polar surface area (TPSA) is 38.9 Å². The van der Waals surface area contributed by atoms with E-state index in [1.807, 2.05) is 6.07 Å². The highest BCUT2D eigenvalue weighted by atomic mass is 14.8. The Morgan fingerprint density at radius 3 is 2.87 bits per heavy atom. The van der Waals surface area contributed by atoms with E-state index < -0.39 is 0 Å². The maximum atomic E-state index is 5.80. The number of aromatic nitrogens is 1. The molecule has 1 aromatic carbocycles. The van der Waals surface area contributed by atoms with Crippen LogP contribution in [0.5, 0.6) is 0 Å². The first-order valence-corrected chi connectivity index (χ1v) is 5.36. The summed E-state index contributed by atoms with van der Waals surface area (Å²) in [6.45, 7) is 4.45. The third-order valence-corrected chi connectivity index (χ3v) is 3.00. The summed E-state index contributed by atoms with van der Waals surface area (Å²) in [5.41, 5.74) is 7.17. The van der Waals surface area contributed by atoms with Crippen LogP contribution in [0.3, 0.4) is 0 Å². The number of hydrogen-bond acceptors (Lipinski definition) is 2. The predicted octanol–water partition coefficient (Wildman–Crippen LogP) is 3.33. The van der Waals surface area contributed by atoms with Crippen LogP contribution in [-0.2, 0) is 0 Å². The first kappa shape index (κ1) is 9.97. The minimum Gasteiger partial charge on any atom is -0.383 e. The van der Waals surface area contributed by atoms with Gasteiger partial charge in [0.1, 0.15) is 5.82 Å². The Morgan fingerprint density at radius 1 is 1.33 bits per heavy atom. The van der Waals surface area contributed by atoms with Gasteiger partial charge >= 0.3 is 0 Å². The quantitative estimate of drug-likeness (QED) is 0.807. The monoisotopic (exact) mass is 200 g/mol. The normalized spacial score (nSPS) is 12.9. The minimum absolute atomic E-state index is 0.601. The number of pyridine rings is 1. The highest BCUT2D eigenvalue weighted by Crippen LogP contribution is 2.25. The number of nitrogen functional groups attached to an aromatic ring is 1. The summed E-state index contributed by atoms with van der Waals surface area (Å²) in [5.74, 6) is 1.21. The van der Waals surface area contributed by atoms with Gasteiger partial charge in [-0.3, -0.25) is 0 Å². The van der Waals surface area contributed by atoms with Crippen LogP contribution >= 0.6 is 0 Å². The lowest BCUT2D eigenvalue weighted by molar-refractivity contribution is 0.735. The number of nitrogens with two attached hydrogens (primary N) is 1. The molecular formula is C13H16N2. The molecule has 0 radical (unpaired) electrons. The van der Waals surface area contributed by atoms with E-state index in [0.29, 0.717) is 11.7 Å². The number of anilines is 1. The van der Waals surface area contributed by atoms with Crippen molar-refractivity contribution in [1.82, 2.24) is 4.98 Å². The van der Waals surface area contributed by atoms with Gasteiger partial charge in [0.05, 0.1) is 0 Å². The SMILES string of the molecule is CCC(C)c1ccc2c(N)nccc2c1. The summed E-state index contributed by atoms with van der Waals surface area (Å²) in [6.07, 6.45) is 2.92. The van der Waals surface area contributed by atoms with Crippen molar-refractivity contribution in [3.05, 3.63) is 36.0 Å². The van der Waals surface area contributed by atoms with Crippen molar-refractivity contribution in [1.29, 1.82) is 0 Å². The van der Waals surface area contributed by atoms with E-state index in [0.717, 1.165) is 11.8 Å². The number of hydrogen-bond donors (Lipinski definition) is 1. The standard InChI is InChI=1S/C13H16N2/c1-3-9(2)10-4-5-12-11(8-10)6-7-15-13(12)14/h4-9H,3H2,1-2H3,(H2,14,15). The van der Waals surface area contributed by atoms with Crippen LogP contribution in [0.4, 0.5) is 5.82 Å². The van der Waals surface area contributed by atoms with Crippen molar-refractivity contribution in [2.24, 2.45) is 0 Å². The lowest BCUT2D eigenvalue weighted by atomic mass is 9.96. The van der Waals surface area contributed by atoms with Gasteiger partial charge in [-0.1, -0.05) is 32.0 Å². The fourth-order valence-electron chi connectivity index (χ4n) is 1.76. The Kier molecular flexibility index (Phi) is 2.58. The van der Waals surface area contributed by atoms with E-state index >= 15 is 0 Å². The Labute approximate surface area is 90.1 Å². The van der Waals surface area contributed by atoms with Crippen molar-refractivity contribution in [2.75, 3.05) is 5.73 Å². The second-order valence-electron chi connectivity index (χ2n) is 3.99. The second kappa shape index (κ2) is 3.89. The van der Waals surface area contributed by atoms with E-state index in [-0.39, 0.29) is 0 Å². The summed E-state index contributed by atoms with van der Waals surface area (Å²) < 4.78 is 0. The molecule has 2 heteroatoms. The van der Waals surface area contributed by atoms with Gasteiger partial charge in [0, 0.05) is 11.6 Å². The average Bonchev–Trinajstić information content (AvgIpc) is 2.28. The predicted molar refractivity (Wildman–Crippen MR) is 64.9 cm³/mol. The molecule has 0 aliphatic rings. The molecule has 2 aromatic rings. The van der Waals surface area contributed by atoms with Gasteiger partial charge in [0.2, 0.25) is 0 Å². The second-order valence-corrected chi connectivity index (χ2v) is 3.99. The third kappa shape index (κ3) is 1.80. The molecule has 0 saturated carbocycles. The number of rotatable bonds is 2. The van der Waals surface area contributed by atoms with Crippen molar-refractivity contribution in [2.45, 2.75) is 26.2 Å². The molecule has 2 rings (SSSR count). The molecule has 2 N–H and O–H groups in total. The molecule has 0 bridgehead atoms.